The highest BCUT2D eigenvalue weighted by Gasteiger charge is 2.28. The van der Waals surface area contributed by atoms with E-state index in [2.05, 4.69) is 4.98 Å². The summed E-state index contributed by atoms with van der Waals surface area (Å²) in [6.45, 7) is 2.36. The zero-order valence-electron chi connectivity index (χ0n) is 17.3. The zero-order valence-corrected chi connectivity index (χ0v) is 17.3. The number of aromatic hydroxyl groups is 1. The van der Waals surface area contributed by atoms with E-state index in [4.69, 9.17) is 14.2 Å². The van der Waals surface area contributed by atoms with Crippen LogP contribution >= 0.6 is 0 Å². The number of hydrogen-bond donors (Lipinski definition) is 2. The van der Waals surface area contributed by atoms with Crippen LogP contribution in [0.3, 0.4) is 0 Å². The van der Waals surface area contributed by atoms with Gasteiger partial charge in [0, 0.05) is 23.2 Å². The molecule has 154 valence electrons. The molecular weight excluding hydrogens is 372 g/mol. The average molecular weight is 398 g/mol. The number of carbonyl (C=O) groups excluding carboxylic acids is 1. The number of nitrogens with one attached hydrogen (secondary N) is 1. The lowest BCUT2D eigenvalue weighted by Crippen LogP contribution is -2.13. The fraction of sp³-hybridized carbons (Fsp3) is 0.318. The molecule has 2 aromatic carbocycles. The van der Waals surface area contributed by atoms with Gasteiger partial charge in [-0.25, -0.2) is 4.79 Å². The van der Waals surface area contributed by atoms with Crippen molar-refractivity contribution in [2.45, 2.75) is 20.1 Å². The summed E-state index contributed by atoms with van der Waals surface area (Å²) >= 11 is 0. The van der Waals surface area contributed by atoms with Crippen LogP contribution in [0.15, 0.2) is 30.3 Å². The molecule has 0 radical (unpaired) electrons. The molecule has 0 saturated carbocycles. The minimum Gasteiger partial charge on any atom is -0.504 e. The number of methoxy groups -OCH3 is 2. The molecule has 0 atom stereocenters. The van der Waals surface area contributed by atoms with E-state index in [-0.39, 0.29) is 18.1 Å². The Morgan fingerprint density at radius 2 is 1.76 bits per heavy atom. The standard InChI is InChI=1S/C22H26N2O5/c1-13-16(22(26)29-12-14-9-7-6-8-10-14)17-15(11-24(2)3)19(25)21(28-5)20(27-4)18(17)23-13/h6-10,23,25H,11-12H2,1-5H3. The summed E-state index contributed by atoms with van der Waals surface area (Å²) in [6.07, 6.45) is 0. The molecule has 0 fully saturated rings. The van der Waals surface area contributed by atoms with Crippen LogP contribution in [0.2, 0.25) is 0 Å². The first-order chi connectivity index (χ1) is 13.9. The number of aromatic nitrogens is 1. The van der Waals surface area contributed by atoms with Gasteiger partial charge < -0.3 is 29.2 Å². The van der Waals surface area contributed by atoms with E-state index in [9.17, 15) is 9.90 Å². The molecule has 7 nitrogen and oxygen atoms in total. The highest BCUT2D eigenvalue weighted by molar-refractivity contribution is 6.10. The highest BCUT2D eigenvalue weighted by Crippen LogP contribution is 2.47. The van der Waals surface area contributed by atoms with Crippen LogP contribution in [0.4, 0.5) is 0 Å². The number of ether oxygens (including phenoxy) is 3. The number of nitrogens with zero attached hydrogens (tertiary/aromatic N) is 1. The predicted octanol–water partition coefficient (Wildman–Crippen LogP) is 3.62. The molecule has 2 N–H and O–H groups in total. The fourth-order valence-corrected chi connectivity index (χ4v) is 3.48. The van der Waals surface area contributed by atoms with Gasteiger partial charge in [0.15, 0.2) is 11.5 Å². The quantitative estimate of drug-likeness (QED) is 0.592. The third kappa shape index (κ3) is 3.86. The summed E-state index contributed by atoms with van der Waals surface area (Å²) in [6, 6.07) is 9.49. The van der Waals surface area contributed by atoms with Gasteiger partial charge in [-0.2, -0.15) is 0 Å². The molecule has 0 aliphatic carbocycles. The maximum Gasteiger partial charge on any atom is 0.340 e. The van der Waals surface area contributed by atoms with Gasteiger partial charge >= 0.3 is 5.97 Å². The van der Waals surface area contributed by atoms with Crippen molar-refractivity contribution in [2.75, 3.05) is 28.3 Å². The summed E-state index contributed by atoms with van der Waals surface area (Å²) in [5, 5.41) is 11.4. The third-order valence-corrected chi connectivity index (χ3v) is 4.72. The molecule has 0 aliphatic heterocycles. The van der Waals surface area contributed by atoms with Gasteiger partial charge in [0.05, 0.1) is 25.3 Å². The predicted molar refractivity (Wildman–Crippen MR) is 111 cm³/mol. The number of esters is 1. The van der Waals surface area contributed by atoms with E-state index in [1.54, 1.807) is 6.92 Å². The molecule has 29 heavy (non-hydrogen) atoms. The molecule has 0 bridgehead atoms. The Morgan fingerprint density at radius 1 is 1.10 bits per heavy atom. The Bertz CT molecular complexity index is 1030. The van der Waals surface area contributed by atoms with Gasteiger partial charge in [0.2, 0.25) is 5.75 Å². The Labute approximate surface area is 169 Å². The molecule has 0 saturated heterocycles. The second-order valence-corrected chi connectivity index (χ2v) is 7.07. The number of aryl methyl sites for hydroxylation is 1. The van der Waals surface area contributed by atoms with Crippen molar-refractivity contribution < 1.29 is 24.1 Å². The number of phenolic OH excluding ortho intramolecular Hbond substituents is 1. The minimum atomic E-state index is -0.468. The number of phenols is 1. The van der Waals surface area contributed by atoms with Crippen molar-refractivity contribution in [3.05, 3.63) is 52.7 Å². The third-order valence-electron chi connectivity index (χ3n) is 4.72. The minimum absolute atomic E-state index is 0.0540. The molecule has 3 aromatic rings. The summed E-state index contributed by atoms with van der Waals surface area (Å²) < 4.78 is 16.4. The monoisotopic (exact) mass is 398 g/mol. The molecule has 0 aliphatic rings. The van der Waals surface area contributed by atoms with Crippen molar-refractivity contribution in [1.82, 2.24) is 9.88 Å². The number of rotatable bonds is 7. The molecule has 0 unspecified atom stereocenters. The maximum atomic E-state index is 13.0. The van der Waals surface area contributed by atoms with Crippen LogP contribution < -0.4 is 9.47 Å². The number of hydrogen-bond acceptors (Lipinski definition) is 6. The molecule has 7 heteroatoms. The largest absolute Gasteiger partial charge is 0.504 e. The summed E-state index contributed by atoms with van der Waals surface area (Å²) in [7, 11) is 6.73. The summed E-state index contributed by atoms with van der Waals surface area (Å²) in [5.41, 5.74) is 3.06. The van der Waals surface area contributed by atoms with Crippen molar-refractivity contribution in [1.29, 1.82) is 0 Å². The van der Waals surface area contributed by atoms with Gasteiger partial charge in [0.25, 0.3) is 0 Å². The first kappa shape index (κ1) is 20.5. The number of benzene rings is 2. The van der Waals surface area contributed by atoms with Crippen molar-refractivity contribution in [3.8, 4) is 17.2 Å². The van der Waals surface area contributed by atoms with E-state index in [0.717, 1.165) is 5.56 Å². The highest BCUT2D eigenvalue weighted by atomic mass is 16.5. The van der Waals surface area contributed by atoms with Gasteiger partial charge in [-0.1, -0.05) is 30.3 Å². The SMILES string of the molecule is COc1c(O)c(CN(C)C)c2c(C(=O)OCc3ccccc3)c(C)[nH]c2c1OC. The molecule has 0 amide bonds. The Balaban J connectivity index is 2.15. The van der Waals surface area contributed by atoms with Crippen molar-refractivity contribution in [2.24, 2.45) is 0 Å². The van der Waals surface area contributed by atoms with E-state index in [0.29, 0.717) is 40.0 Å². The lowest BCUT2D eigenvalue weighted by molar-refractivity contribution is 0.0474. The van der Waals surface area contributed by atoms with Crippen LogP contribution in [0.1, 0.15) is 27.2 Å². The first-order valence-corrected chi connectivity index (χ1v) is 9.22. The molecular formula is C22H26N2O5. The second kappa shape index (κ2) is 8.45. The Morgan fingerprint density at radius 3 is 2.34 bits per heavy atom. The normalized spacial score (nSPS) is 11.1. The maximum absolute atomic E-state index is 13.0. The van der Waals surface area contributed by atoms with Crippen molar-refractivity contribution >= 4 is 16.9 Å². The van der Waals surface area contributed by atoms with E-state index >= 15 is 0 Å². The molecule has 0 spiro atoms. The number of H-pyrrole nitrogens is 1. The number of carbonyl (C=O) groups is 1. The lowest BCUT2D eigenvalue weighted by Gasteiger charge is -2.18. The lowest BCUT2D eigenvalue weighted by atomic mass is 10.0. The van der Waals surface area contributed by atoms with Crippen molar-refractivity contribution in [3.63, 3.8) is 0 Å². The molecule has 1 heterocycles. The van der Waals surface area contributed by atoms with E-state index in [1.165, 1.54) is 14.2 Å². The van der Waals surface area contributed by atoms with Crippen LogP contribution in [0, 0.1) is 6.92 Å². The van der Waals surface area contributed by atoms with Gasteiger partial charge in [0.1, 0.15) is 6.61 Å². The van der Waals surface area contributed by atoms with Crippen LogP contribution in [0.5, 0.6) is 17.2 Å². The summed E-state index contributed by atoms with van der Waals surface area (Å²) in [4.78, 5) is 18.1. The fourth-order valence-electron chi connectivity index (χ4n) is 3.48. The van der Waals surface area contributed by atoms with Crippen LogP contribution in [-0.4, -0.2) is 49.3 Å². The van der Waals surface area contributed by atoms with Gasteiger partial charge in [-0.05, 0) is 26.6 Å². The zero-order chi connectivity index (χ0) is 21.1. The number of aromatic amines is 1. The molecule has 3 rings (SSSR count). The topological polar surface area (TPSA) is 84.0 Å². The second-order valence-electron chi connectivity index (χ2n) is 7.07. The Kier molecular flexibility index (Phi) is 5.98. The van der Waals surface area contributed by atoms with Crippen LogP contribution in [0.25, 0.3) is 10.9 Å². The molecule has 1 aromatic heterocycles. The van der Waals surface area contributed by atoms with E-state index in [1.807, 2.05) is 49.3 Å². The first-order valence-electron chi connectivity index (χ1n) is 9.22. The smallest absolute Gasteiger partial charge is 0.340 e. The van der Waals surface area contributed by atoms with E-state index < -0.39 is 5.97 Å². The average Bonchev–Trinajstić information content (AvgIpc) is 3.05. The van der Waals surface area contributed by atoms with Crippen LogP contribution in [-0.2, 0) is 17.9 Å². The number of fused-ring (bicyclic) bond motifs is 1. The Hall–Kier alpha value is -3.19. The summed E-state index contributed by atoms with van der Waals surface area (Å²) in [5.74, 6) is 0.0425. The van der Waals surface area contributed by atoms with Gasteiger partial charge in [-0.15, -0.1) is 0 Å². The van der Waals surface area contributed by atoms with Gasteiger partial charge in [-0.3, -0.25) is 0 Å².